The highest BCUT2D eigenvalue weighted by molar-refractivity contribution is 5.82. The van der Waals surface area contributed by atoms with E-state index in [1.54, 1.807) is 0 Å². The van der Waals surface area contributed by atoms with Crippen molar-refractivity contribution < 1.29 is 19.4 Å². The zero-order chi connectivity index (χ0) is 15.7. The lowest BCUT2D eigenvalue weighted by atomic mass is 10.2. The Morgan fingerprint density at radius 2 is 1.95 bits per heavy atom. The third-order valence-electron chi connectivity index (χ3n) is 3.35. The minimum atomic E-state index is -1.01. The number of amides is 1. The van der Waals surface area contributed by atoms with Gasteiger partial charge in [0.2, 0.25) is 5.91 Å². The van der Waals surface area contributed by atoms with Crippen LogP contribution < -0.4 is 0 Å². The topological polar surface area (TPSA) is 66.8 Å². The second kappa shape index (κ2) is 9.13. The minimum Gasteiger partial charge on any atom is -0.480 e. The molecule has 0 spiro atoms. The smallest absolute Gasteiger partial charge is 0.323 e. The van der Waals surface area contributed by atoms with Crippen molar-refractivity contribution in [2.24, 2.45) is 0 Å². The van der Waals surface area contributed by atoms with Gasteiger partial charge >= 0.3 is 5.97 Å². The van der Waals surface area contributed by atoms with Crippen molar-refractivity contribution in [2.75, 3.05) is 19.8 Å². The van der Waals surface area contributed by atoms with Crippen molar-refractivity contribution in [2.45, 2.75) is 32.7 Å². The van der Waals surface area contributed by atoms with E-state index >= 15 is 0 Å². The summed E-state index contributed by atoms with van der Waals surface area (Å²) in [7, 11) is 0. The lowest BCUT2D eigenvalue weighted by molar-refractivity contribution is -0.148. The van der Waals surface area contributed by atoms with Crippen molar-refractivity contribution in [3.05, 3.63) is 35.9 Å². The predicted molar refractivity (Wildman–Crippen MR) is 80.1 cm³/mol. The molecule has 1 rings (SSSR count). The van der Waals surface area contributed by atoms with Gasteiger partial charge in [-0.1, -0.05) is 37.3 Å². The summed E-state index contributed by atoms with van der Waals surface area (Å²) in [6.45, 7) is 3.84. The van der Waals surface area contributed by atoms with E-state index in [-0.39, 0.29) is 25.1 Å². The first-order chi connectivity index (χ1) is 10.0. The summed E-state index contributed by atoms with van der Waals surface area (Å²) in [5.41, 5.74) is 1.15. The van der Waals surface area contributed by atoms with Crippen molar-refractivity contribution in [3.63, 3.8) is 0 Å². The maximum Gasteiger partial charge on any atom is 0.323 e. The van der Waals surface area contributed by atoms with E-state index < -0.39 is 5.97 Å². The van der Waals surface area contributed by atoms with Crippen LogP contribution in [0.25, 0.3) is 0 Å². The zero-order valence-electron chi connectivity index (χ0n) is 12.6. The molecule has 0 aliphatic carbocycles. The van der Waals surface area contributed by atoms with Crippen LogP contribution in [0.3, 0.4) is 0 Å². The van der Waals surface area contributed by atoms with Crippen LogP contribution in [0.15, 0.2) is 30.3 Å². The van der Waals surface area contributed by atoms with E-state index in [9.17, 15) is 9.59 Å². The maximum atomic E-state index is 12.0. The first-order valence-corrected chi connectivity index (χ1v) is 7.17. The molecule has 1 unspecified atom stereocenters. The van der Waals surface area contributed by atoms with E-state index in [0.29, 0.717) is 13.0 Å². The average molecular weight is 293 g/mol. The third-order valence-corrected chi connectivity index (χ3v) is 3.35. The summed E-state index contributed by atoms with van der Waals surface area (Å²) in [6.07, 6.45) is 1.44. The maximum absolute atomic E-state index is 12.0. The van der Waals surface area contributed by atoms with Crippen molar-refractivity contribution >= 4 is 11.9 Å². The largest absolute Gasteiger partial charge is 0.480 e. The molecule has 1 aromatic rings. The van der Waals surface area contributed by atoms with Crippen LogP contribution in [-0.4, -0.2) is 47.7 Å². The Bertz CT molecular complexity index is 447. The molecule has 5 heteroatoms. The molecular formula is C16H23NO4. The van der Waals surface area contributed by atoms with Gasteiger partial charge in [0.1, 0.15) is 13.2 Å². The Hall–Kier alpha value is -1.88. The van der Waals surface area contributed by atoms with Gasteiger partial charge in [-0.3, -0.25) is 9.59 Å². The molecule has 1 N–H and O–H groups in total. The number of ether oxygens (including phenoxy) is 1. The Kier molecular flexibility index (Phi) is 7.46. The molecule has 0 fully saturated rings. The first kappa shape index (κ1) is 17.2. The Morgan fingerprint density at radius 1 is 1.29 bits per heavy atom. The highest BCUT2D eigenvalue weighted by Crippen LogP contribution is 2.05. The Morgan fingerprint density at radius 3 is 2.52 bits per heavy atom. The van der Waals surface area contributed by atoms with Gasteiger partial charge in [0.15, 0.2) is 0 Å². The van der Waals surface area contributed by atoms with E-state index in [0.717, 1.165) is 12.0 Å². The summed E-state index contributed by atoms with van der Waals surface area (Å²) in [5.74, 6) is -1.28. The van der Waals surface area contributed by atoms with E-state index in [1.807, 2.05) is 44.2 Å². The fourth-order valence-corrected chi connectivity index (χ4v) is 1.93. The van der Waals surface area contributed by atoms with E-state index in [1.165, 1.54) is 4.90 Å². The minimum absolute atomic E-state index is 0.0789. The SMILES string of the molecule is CCC(C)N(CC(=O)O)C(=O)COCCc1ccccc1. The molecule has 0 aliphatic heterocycles. The molecule has 5 nitrogen and oxygen atoms in total. The Labute approximate surface area is 125 Å². The second-order valence-corrected chi connectivity index (χ2v) is 4.96. The van der Waals surface area contributed by atoms with Crippen LogP contribution in [0, 0.1) is 0 Å². The van der Waals surface area contributed by atoms with Crippen molar-refractivity contribution in [1.82, 2.24) is 4.90 Å². The number of carboxylic acid groups (broad SMARTS) is 1. The first-order valence-electron chi connectivity index (χ1n) is 7.17. The highest BCUT2D eigenvalue weighted by Gasteiger charge is 2.21. The molecular weight excluding hydrogens is 270 g/mol. The van der Waals surface area contributed by atoms with Gasteiger partial charge in [-0.05, 0) is 25.3 Å². The summed E-state index contributed by atoms with van der Waals surface area (Å²) in [5, 5.41) is 8.86. The predicted octanol–water partition coefficient (Wildman–Crippen LogP) is 1.96. The number of carboxylic acids is 1. The van der Waals surface area contributed by atoms with Gasteiger partial charge in [-0.25, -0.2) is 0 Å². The van der Waals surface area contributed by atoms with Crippen molar-refractivity contribution in [1.29, 1.82) is 0 Å². The van der Waals surface area contributed by atoms with Gasteiger partial charge in [-0.15, -0.1) is 0 Å². The molecule has 116 valence electrons. The van der Waals surface area contributed by atoms with Crippen LogP contribution >= 0.6 is 0 Å². The summed E-state index contributed by atoms with van der Waals surface area (Å²) >= 11 is 0. The summed E-state index contributed by atoms with van der Waals surface area (Å²) < 4.78 is 5.37. The van der Waals surface area contributed by atoms with Gasteiger partial charge in [0.25, 0.3) is 0 Å². The fraction of sp³-hybridized carbons (Fsp3) is 0.500. The molecule has 1 amide bonds. The molecule has 1 aromatic carbocycles. The standard InChI is InChI=1S/C16H23NO4/c1-3-13(2)17(11-16(19)20)15(18)12-21-10-9-14-7-5-4-6-8-14/h4-8,13H,3,9-12H2,1-2H3,(H,19,20). The molecule has 0 saturated carbocycles. The Balaban J connectivity index is 2.37. The van der Waals surface area contributed by atoms with Gasteiger partial charge in [0, 0.05) is 6.04 Å². The van der Waals surface area contributed by atoms with Gasteiger partial charge in [0.05, 0.1) is 6.61 Å². The van der Waals surface area contributed by atoms with E-state index in [4.69, 9.17) is 9.84 Å². The summed E-state index contributed by atoms with van der Waals surface area (Å²) in [4.78, 5) is 24.2. The quantitative estimate of drug-likeness (QED) is 0.707. The molecule has 0 heterocycles. The molecule has 0 aromatic heterocycles. The molecule has 0 radical (unpaired) electrons. The lowest BCUT2D eigenvalue weighted by Gasteiger charge is -2.26. The van der Waals surface area contributed by atoms with Crippen LogP contribution in [0.5, 0.6) is 0 Å². The van der Waals surface area contributed by atoms with Crippen LogP contribution in [0.1, 0.15) is 25.8 Å². The number of carbonyl (C=O) groups is 2. The number of benzene rings is 1. The average Bonchev–Trinajstić information content (AvgIpc) is 2.49. The molecule has 0 saturated heterocycles. The normalized spacial score (nSPS) is 11.9. The zero-order valence-corrected chi connectivity index (χ0v) is 12.6. The van der Waals surface area contributed by atoms with Crippen LogP contribution in [-0.2, 0) is 20.7 Å². The number of hydrogen-bond acceptors (Lipinski definition) is 3. The van der Waals surface area contributed by atoms with Crippen molar-refractivity contribution in [3.8, 4) is 0 Å². The van der Waals surface area contributed by atoms with Gasteiger partial charge < -0.3 is 14.7 Å². The second-order valence-electron chi connectivity index (χ2n) is 4.96. The summed E-state index contributed by atoms with van der Waals surface area (Å²) in [6, 6.07) is 9.76. The lowest BCUT2D eigenvalue weighted by Crippen LogP contribution is -2.43. The van der Waals surface area contributed by atoms with Gasteiger partial charge in [-0.2, -0.15) is 0 Å². The molecule has 0 bridgehead atoms. The number of nitrogens with zero attached hydrogens (tertiary/aromatic N) is 1. The number of hydrogen-bond donors (Lipinski definition) is 1. The highest BCUT2D eigenvalue weighted by atomic mass is 16.5. The molecule has 21 heavy (non-hydrogen) atoms. The van der Waals surface area contributed by atoms with Crippen LogP contribution in [0.4, 0.5) is 0 Å². The molecule has 1 atom stereocenters. The number of aliphatic carboxylic acids is 1. The number of rotatable bonds is 9. The number of carbonyl (C=O) groups excluding carboxylic acids is 1. The van der Waals surface area contributed by atoms with Crippen LogP contribution in [0.2, 0.25) is 0 Å². The fourth-order valence-electron chi connectivity index (χ4n) is 1.93. The third kappa shape index (κ3) is 6.40. The van der Waals surface area contributed by atoms with E-state index in [2.05, 4.69) is 0 Å². The molecule has 0 aliphatic rings. The monoisotopic (exact) mass is 293 g/mol.